The lowest BCUT2D eigenvalue weighted by Crippen LogP contribution is -2.38. The lowest BCUT2D eigenvalue weighted by molar-refractivity contribution is -0.120. The van der Waals surface area contributed by atoms with E-state index in [1.54, 1.807) is 6.07 Å². The maximum Gasteiger partial charge on any atom is 0.149 e. The third kappa shape index (κ3) is 2.84. The normalized spacial score (nSPS) is 11.4. The standard InChI is InChI=1S/C21H15F3O/c1-14(25)21(15-6-10-17(22)11-7-15,16-8-12-18(23)13-9-16)19-4-2-3-5-20(19)24/h2-13H,1H3. The first-order chi connectivity index (χ1) is 12.0. The quantitative estimate of drug-likeness (QED) is 0.609. The summed E-state index contributed by atoms with van der Waals surface area (Å²) in [6, 6.07) is 16.6. The highest BCUT2D eigenvalue weighted by Gasteiger charge is 2.43. The molecule has 0 heterocycles. The number of halogens is 3. The molecule has 0 aliphatic rings. The van der Waals surface area contributed by atoms with E-state index in [9.17, 15) is 18.0 Å². The van der Waals surface area contributed by atoms with Crippen molar-refractivity contribution in [2.45, 2.75) is 12.3 Å². The van der Waals surface area contributed by atoms with Gasteiger partial charge >= 0.3 is 0 Å². The van der Waals surface area contributed by atoms with E-state index < -0.39 is 22.9 Å². The summed E-state index contributed by atoms with van der Waals surface area (Å²) in [5, 5.41) is 0. The van der Waals surface area contributed by atoms with Crippen molar-refractivity contribution in [2.75, 3.05) is 0 Å². The Morgan fingerprint density at radius 1 is 0.720 bits per heavy atom. The minimum absolute atomic E-state index is 0.140. The fraction of sp³-hybridized carbons (Fsp3) is 0.0952. The molecule has 0 spiro atoms. The summed E-state index contributed by atoms with van der Waals surface area (Å²) in [4.78, 5) is 12.8. The maximum atomic E-state index is 14.7. The van der Waals surface area contributed by atoms with Gasteiger partial charge in [-0.25, -0.2) is 13.2 Å². The van der Waals surface area contributed by atoms with Crippen LogP contribution in [0, 0.1) is 17.5 Å². The van der Waals surface area contributed by atoms with Gasteiger partial charge in [-0.15, -0.1) is 0 Å². The van der Waals surface area contributed by atoms with Gasteiger partial charge in [0.2, 0.25) is 0 Å². The molecule has 0 saturated heterocycles. The Morgan fingerprint density at radius 2 is 1.16 bits per heavy atom. The molecule has 3 aromatic carbocycles. The number of carbonyl (C=O) groups excluding carboxylic acids is 1. The lowest BCUT2D eigenvalue weighted by atomic mass is 9.67. The summed E-state index contributed by atoms with van der Waals surface area (Å²) < 4.78 is 41.5. The Morgan fingerprint density at radius 3 is 1.56 bits per heavy atom. The fourth-order valence-electron chi connectivity index (χ4n) is 3.24. The van der Waals surface area contributed by atoms with E-state index in [4.69, 9.17) is 0 Å². The van der Waals surface area contributed by atoms with Crippen molar-refractivity contribution in [1.82, 2.24) is 0 Å². The number of hydrogen-bond acceptors (Lipinski definition) is 1. The summed E-state index contributed by atoms with van der Waals surface area (Å²) in [5.41, 5.74) is -0.524. The molecule has 0 atom stereocenters. The third-order valence-corrected chi connectivity index (χ3v) is 4.36. The van der Waals surface area contributed by atoms with Crippen LogP contribution in [0.1, 0.15) is 23.6 Å². The first-order valence-electron chi connectivity index (χ1n) is 7.74. The summed E-state index contributed by atoms with van der Waals surface area (Å²) in [6.07, 6.45) is 0. The predicted octanol–water partition coefficient (Wildman–Crippen LogP) is 5.03. The second-order valence-corrected chi connectivity index (χ2v) is 5.80. The number of benzene rings is 3. The van der Waals surface area contributed by atoms with E-state index in [2.05, 4.69) is 0 Å². The van der Waals surface area contributed by atoms with Crippen molar-refractivity contribution in [3.05, 3.63) is 107 Å². The van der Waals surface area contributed by atoms with Crippen LogP contribution in [0.4, 0.5) is 13.2 Å². The smallest absolute Gasteiger partial charge is 0.149 e. The number of hydrogen-bond donors (Lipinski definition) is 0. The van der Waals surface area contributed by atoms with E-state index in [-0.39, 0.29) is 11.3 Å². The first kappa shape index (κ1) is 17.0. The molecule has 4 heteroatoms. The lowest BCUT2D eigenvalue weighted by Gasteiger charge is -2.33. The van der Waals surface area contributed by atoms with Gasteiger partial charge in [0.15, 0.2) is 0 Å². The van der Waals surface area contributed by atoms with Gasteiger partial charge in [0.05, 0.1) is 0 Å². The number of rotatable bonds is 4. The topological polar surface area (TPSA) is 17.1 Å². The van der Waals surface area contributed by atoms with Gasteiger partial charge in [-0.3, -0.25) is 4.79 Å². The van der Waals surface area contributed by atoms with E-state index in [0.717, 1.165) is 0 Å². The average molecular weight is 340 g/mol. The van der Waals surface area contributed by atoms with Crippen LogP contribution in [0.25, 0.3) is 0 Å². The van der Waals surface area contributed by atoms with Crippen molar-refractivity contribution in [2.24, 2.45) is 0 Å². The van der Waals surface area contributed by atoms with Crippen LogP contribution in [-0.2, 0) is 10.2 Å². The van der Waals surface area contributed by atoms with E-state index in [1.807, 2.05) is 0 Å². The molecule has 0 radical (unpaired) electrons. The second kappa shape index (κ2) is 6.55. The molecule has 25 heavy (non-hydrogen) atoms. The van der Waals surface area contributed by atoms with E-state index in [0.29, 0.717) is 11.1 Å². The van der Waals surface area contributed by atoms with E-state index in [1.165, 1.54) is 73.7 Å². The van der Waals surface area contributed by atoms with Gasteiger partial charge in [-0.2, -0.15) is 0 Å². The van der Waals surface area contributed by atoms with Crippen LogP contribution < -0.4 is 0 Å². The monoisotopic (exact) mass is 340 g/mol. The molecule has 0 aliphatic heterocycles. The Kier molecular flexibility index (Phi) is 4.45. The van der Waals surface area contributed by atoms with Crippen LogP contribution in [0.15, 0.2) is 72.8 Å². The van der Waals surface area contributed by atoms with Crippen LogP contribution in [-0.4, -0.2) is 5.78 Å². The molecule has 0 bridgehead atoms. The highest BCUT2D eigenvalue weighted by molar-refractivity contribution is 5.96. The van der Waals surface area contributed by atoms with Gasteiger partial charge < -0.3 is 0 Å². The zero-order chi connectivity index (χ0) is 18.0. The Labute approximate surface area is 143 Å². The first-order valence-corrected chi connectivity index (χ1v) is 7.74. The van der Waals surface area contributed by atoms with Crippen LogP contribution in [0.2, 0.25) is 0 Å². The summed E-state index contributed by atoms with van der Waals surface area (Å²) >= 11 is 0. The van der Waals surface area contributed by atoms with Gasteiger partial charge in [0.25, 0.3) is 0 Å². The van der Waals surface area contributed by atoms with Crippen molar-refractivity contribution >= 4 is 5.78 Å². The predicted molar refractivity (Wildman–Crippen MR) is 89.8 cm³/mol. The van der Waals surface area contributed by atoms with Crippen LogP contribution in [0.3, 0.4) is 0 Å². The highest BCUT2D eigenvalue weighted by atomic mass is 19.1. The van der Waals surface area contributed by atoms with E-state index >= 15 is 0 Å². The number of carbonyl (C=O) groups is 1. The zero-order valence-electron chi connectivity index (χ0n) is 13.5. The highest BCUT2D eigenvalue weighted by Crippen LogP contribution is 2.41. The summed E-state index contributed by atoms with van der Waals surface area (Å²) in [6.45, 7) is 1.35. The number of Topliss-reactive ketones (excluding diaryl/α,β-unsaturated/α-hetero) is 1. The molecule has 0 unspecified atom stereocenters. The largest absolute Gasteiger partial charge is 0.298 e. The van der Waals surface area contributed by atoms with Crippen LogP contribution in [0.5, 0.6) is 0 Å². The Balaban J connectivity index is 2.40. The van der Waals surface area contributed by atoms with Gasteiger partial charge in [0, 0.05) is 5.56 Å². The van der Waals surface area contributed by atoms with Crippen molar-refractivity contribution in [1.29, 1.82) is 0 Å². The SMILES string of the molecule is CC(=O)C(c1ccc(F)cc1)(c1ccc(F)cc1)c1ccccc1F. The third-order valence-electron chi connectivity index (χ3n) is 4.36. The molecule has 0 fully saturated rings. The second-order valence-electron chi connectivity index (χ2n) is 5.80. The molecule has 0 N–H and O–H groups in total. The maximum absolute atomic E-state index is 14.7. The zero-order valence-corrected chi connectivity index (χ0v) is 13.5. The summed E-state index contributed by atoms with van der Waals surface area (Å²) in [7, 11) is 0. The fourth-order valence-corrected chi connectivity index (χ4v) is 3.24. The van der Waals surface area contributed by atoms with Gasteiger partial charge in [-0.1, -0.05) is 42.5 Å². The van der Waals surface area contributed by atoms with Gasteiger partial charge in [-0.05, 0) is 48.4 Å². The molecule has 3 aromatic rings. The van der Waals surface area contributed by atoms with Crippen molar-refractivity contribution in [3.63, 3.8) is 0 Å². The van der Waals surface area contributed by atoms with Crippen molar-refractivity contribution < 1.29 is 18.0 Å². The Hall–Kier alpha value is -2.88. The molecule has 126 valence electrons. The molecule has 0 amide bonds. The molecular weight excluding hydrogens is 325 g/mol. The molecular formula is C21H15F3O. The minimum Gasteiger partial charge on any atom is -0.298 e. The molecule has 3 rings (SSSR count). The minimum atomic E-state index is -1.49. The molecule has 0 saturated carbocycles. The Bertz CT molecular complexity index is 854. The van der Waals surface area contributed by atoms with Crippen LogP contribution >= 0.6 is 0 Å². The van der Waals surface area contributed by atoms with Gasteiger partial charge in [0.1, 0.15) is 28.6 Å². The van der Waals surface area contributed by atoms with Crippen molar-refractivity contribution in [3.8, 4) is 0 Å². The molecule has 0 aliphatic carbocycles. The number of ketones is 1. The molecule has 0 aromatic heterocycles. The summed E-state index contributed by atoms with van der Waals surface area (Å²) in [5.74, 6) is -1.84. The molecule has 1 nitrogen and oxygen atoms in total. The average Bonchev–Trinajstić information content (AvgIpc) is 2.59.